The first-order valence-electron chi connectivity index (χ1n) is 13.9. The molecule has 0 radical (unpaired) electrons. The van der Waals surface area contributed by atoms with Gasteiger partial charge in [0.1, 0.15) is 0 Å². The van der Waals surface area contributed by atoms with Crippen LogP contribution >= 0.6 is 0 Å². The summed E-state index contributed by atoms with van der Waals surface area (Å²) in [6, 6.07) is 0. The molecule has 0 spiro atoms. The number of unbranched alkanes of at least 4 members (excludes halogenated alkanes) is 8. The predicted octanol–water partition coefficient (Wildman–Crippen LogP) is 7.98. The van der Waals surface area contributed by atoms with Crippen LogP contribution in [0.1, 0.15) is 131 Å². The smallest absolute Gasteiger partial charge is 0.219 e. The lowest BCUT2D eigenvalue weighted by molar-refractivity contribution is -0.870. The topological polar surface area (TPSA) is 29.1 Å². The molecule has 0 aliphatic rings. The average molecular weight is 442 g/mol. The molecule has 0 aromatic rings. The van der Waals surface area contributed by atoms with Gasteiger partial charge in [-0.25, -0.2) is 0 Å². The number of nitrogens with one attached hydrogen (secondary N) is 1. The first kappa shape index (κ1) is 32.6. The van der Waals surface area contributed by atoms with E-state index in [1.807, 2.05) is 13.8 Å². The van der Waals surface area contributed by atoms with Gasteiger partial charge in [-0.2, -0.15) is 0 Å². The van der Waals surface area contributed by atoms with Crippen molar-refractivity contribution in [2.75, 3.05) is 34.2 Å². The lowest BCUT2D eigenvalue weighted by atomic mass is 9.83. The molecule has 0 aromatic heterocycles. The summed E-state index contributed by atoms with van der Waals surface area (Å²) in [4.78, 5) is 11.9. The summed E-state index contributed by atoms with van der Waals surface area (Å²) in [6.07, 6.45) is 19.2. The molecule has 3 heteroatoms. The molecule has 0 saturated heterocycles. The highest BCUT2D eigenvalue weighted by atomic mass is 16.1. The molecule has 0 aliphatic heterocycles. The quantitative estimate of drug-likeness (QED) is 0.150. The molecule has 0 bridgehead atoms. The zero-order valence-corrected chi connectivity index (χ0v) is 23.0. The summed E-state index contributed by atoms with van der Waals surface area (Å²) in [5, 5.41) is 3.07. The van der Waals surface area contributed by atoms with Crippen molar-refractivity contribution in [1.82, 2.24) is 5.32 Å². The molecule has 0 heterocycles. The van der Waals surface area contributed by atoms with E-state index in [4.69, 9.17) is 0 Å². The molecule has 188 valence electrons. The van der Waals surface area contributed by atoms with Crippen molar-refractivity contribution in [3.8, 4) is 0 Å². The van der Waals surface area contributed by atoms with Gasteiger partial charge >= 0.3 is 0 Å². The van der Waals surface area contributed by atoms with Gasteiger partial charge < -0.3 is 9.80 Å². The average Bonchev–Trinajstić information content (AvgIpc) is 2.74. The first-order valence-corrected chi connectivity index (χ1v) is 13.9. The number of hydrogen-bond donors (Lipinski definition) is 1. The molecule has 0 fully saturated rings. The van der Waals surface area contributed by atoms with Crippen molar-refractivity contribution in [2.24, 2.45) is 11.8 Å². The van der Waals surface area contributed by atoms with E-state index in [2.05, 4.69) is 47.2 Å². The Morgan fingerprint density at radius 1 is 0.774 bits per heavy atom. The molecule has 2 unspecified atom stereocenters. The van der Waals surface area contributed by atoms with Crippen LogP contribution in [0.2, 0.25) is 0 Å². The third-order valence-electron chi connectivity index (χ3n) is 6.43. The molecule has 1 amide bonds. The van der Waals surface area contributed by atoms with E-state index in [9.17, 15) is 4.79 Å². The van der Waals surface area contributed by atoms with Crippen molar-refractivity contribution in [1.29, 1.82) is 0 Å². The second kappa shape index (κ2) is 22.6. The van der Waals surface area contributed by atoms with Crippen LogP contribution in [0, 0.1) is 11.8 Å². The Balaban J connectivity index is 0. The summed E-state index contributed by atoms with van der Waals surface area (Å²) >= 11 is 0. The monoisotopic (exact) mass is 441 g/mol. The zero-order chi connectivity index (χ0) is 24.0. The van der Waals surface area contributed by atoms with Crippen LogP contribution in [0.4, 0.5) is 0 Å². The van der Waals surface area contributed by atoms with E-state index in [0.717, 1.165) is 42.2 Å². The van der Waals surface area contributed by atoms with Gasteiger partial charge in [-0.15, -0.1) is 0 Å². The number of carbonyl (C=O) groups excluding carboxylic acids is 1. The van der Waals surface area contributed by atoms with Gasteiger partial charge in [0, 0.05) is 19.4 Å². The van der Waals surface area contributed by atoms with Gasteiger partial charge in [0.15, 0.2) is 0 Å². The third-order valence-corrected chi connectivity index (χ3v) is 6.43. The number of quaternary nitrogens is 1. The van der Waals surface area contributed by atoms with Gasteiger partial charge in [0.25, 0.3) is 0 Å². The zero-order valence-electron chi connectivity index (χ0n) is 23.0. The predicted molar refractivity (Wildman–Crippen MR) is 141 cm³/mol. The lowest BCUT2D eigenvalue weighted by Crippen LogP contribution is -2.37. The Kier molecular flexibility index (Phi) is 23.8. The van der Waals surface area contributed by atoms with Crippen LogP contribution in [0.15, 0.2) is 0 Å². The van der Waals surface area contributed by atoms with Crippen molar-refractivity contribution < 1.29 is 9.28 Å². The van der Waals surface area contributed by atoms with Crippen LogP contribution in [0.5, 0.6) is 0 Å². The Labute approximate surface area is 197 Å². The molecule has 0 saturated carbocycles. The fourth-order valence-electron chi connectivity index (χ4n) is 4.15. The highest BCUT2D eigenvalue weighted by Gasteiger charge is 2.15. The molecular weight excluding hydrogens is 380 g/mol. The van der Waals surface area contributed by atoms with Crippen molar-refractivity contribution in [3.63, 3.8) is 0 Å². The van der Waals surface area contributed by atoms with Crippen molar-refractivity contribution in [3.05, 3.63) is 0 Å². The molecular formula is C28H61N2O+. The summed E-state index contributed by atoms with van der Waals surface area (Å²) in [5.41, 5.74) is 0. The number of nitrogens with zero attached hydrogens (tertiary/aromatic N) is 1. The van der Waals surface area contributed by atoms with Crippen LogP contribution in [0.3, 0.4) is 0 Å². The largest absolute Gasteiger partial charge is 0.356 e. The maximum absolute atomic E-state index is 11.9. The standard InChI is InChI=1S/C26H54N2O.C2H6/c1-7-9-10-15-19-25(24(3)8-2)20-16-13-11-12-14-17-21-26(29)27-22-18-23-28(4,5)6;1-2/h24-25H,7-23H2,1-6H3;1-2H3/p+1. The highest BCUT2D eigenvalue weighted by molar-refractivity contribution is 5.75. The van der Waals surface area contributed by atoms with E-state index in [-0.39, 0.29) is 5.91 Å². The van der Waals surface area contributed by atoms with E-state index < -0.39 is 0 Å². The van der Waals surface area contributed by atoms with Gasteiger partial charge in [0.05, 0.1) is 27.7 Å². The fraction of sp³-hybridized carbons (Fsp3) is 0.964. The fourth-order valence-corrected chi connectivity index (χ4v) is 4.15. The first-order chi connectivity index (χ1) is 14.8. The molecule has 1 N–H and O–H groups in total. The van der Waals surface area contributed by atoms with E-state index in [1.165, 1.54) is 77.0 Å². The number of amides is 1. The van der Waals surface area contributed by atoms with Crippen LogP contribution in [-0.2, 0) is 4.79 Å². The Morgan fingerprint density at radius 2 is 1.29 bits per heavy atom. The van der Waals surface area contributed by atoms with E-state index in [0.29, 0.717) is 6.42 Å². The second-order valence-electron chi connectivity index (χ2n) is 10.4. The molecule has 31 heavy (non-hydrogen) atoms. The van der Waals surface area contributed by atoms with Crippen molar-refractivity contribution in [2.45, 2.75) is 131 Å². The third kappa shape index (κ3) is 23.9. The Bertz CT molecular complexity index is 376. The maximum atomic E-state index is 11.9. The lowest BCUT2D eigenvalue weighted by Gasteiger charge is -2.23. The second-order valence-corrected chi connectivity index (χ2v) is 10.4. The number of carbonyl (C=O) groups is 1. The summed E-state index contributed by atoms with van der Waals surface area (Å²) in [7, 11) is 6.58. The molecule has 0 aliphatic carbocycles. The minimum absolute atomic E-state index is 0.242. The molecule has 3 nitrogen and oxygen atoms in total. The highest BCUT2D eigenvalue weighted by Crippen LogP contribution is 2.27. The van der Waals surface area contributed by atoms with Gasteiger partial charge in [-0.05, 0) is 18.3 Å². The summed E-state index contributed by atoms with van der Waals surface area (Å²) < 4.78 is 0.965. The summed E-state index contributed by atoms with van der Waals surface area (Å²) in [5.74, 6) is 2.07. The van der Waals surface area contributed by atoms with Gasteiger partial charge in [-0.1, -0.05) is 112 Å². The van der Waals surface area contributed by atoms with Crippen LogP contribution < -0.4 is 5.32 Å². The molecule has 0 aromatic carbocycles. The maximum Gasteiger partial charge on any atom is 0.219 e. The Hall–Kier alpha value is -0.570. The minimum Gasteiger partial charge on any atom is -0.356 e. The number of rotatable bonds is 20. The van der Waals surface area contributed by atoms with Crippen molar-refractivity contribution >= 4 is 5.91 Å². The van der Waals surface area contributed by atoms with E-state index in [1.54, 1.807) is 0 Å². The molecule has 2 atom stereocenters. The normalized spacial score (nSPS) is 13.3. The molecule has 0 rings (SSSR count). The van der Waals surface area contributed by atoms with Crippen LogP contribution in [0.25, 0.3) is 0 Å². The van der Waals surface area contributed by atoms with Gasteiger partial charge in [0.2, 0.25) is 5.91 Å². The Morgan fingerprint density at radius 3 is 1.81 bits per heavy atom. The summed E-state index contributed by atoms with van der Waals surface area (Å²) in [6.45, 7) is 13.0. The van der Waals surface area contributed by atoms with E-state index >= 15 is 0 Å². The van der Waals surface area contributed by atoms with Gasteiger partial charge in [-0.3, -0.25) is 4.79 Å². The SMILES string of the molecule is CC.CCCCCCC(CCCCCCCCC(=O)NCCC[N+](C)(C)C)C(C)CC. The minimum atomic E-state index is 0.242. The van der Waals surface area contributed by atoms with Crippen LogP contribution in [-0.4, -0.2) is 44.6 Å². The number of hydrogen-bond acceptors (Lipinski definition) is 1.